The standard InChI is InChI=1S/C32H22BrClF4N4O4/c1-2-45-25-15-19(27(33)28(34)29(25)46-17-26(43)40-24-13-6-4-11-22(24)35)16-39-42-30(18-8-7-9-20(14-18)32(36,37)38)41-23-12-5-3-10-21(23)31(42)44/h3-16H,2,17H2,1H3,(H,40,43). The van der Waals surface area contributed by atoms with E-state index in [9.17, 15) is 27.2 Å². The molecule has 0 bridgehead atoms. The summed E-state index contributed by atoms with van der Waals surface area (Å²) in [5, 5.41) is 6.90. The van der Waals surface area contributed by atoms with Gasteiger partial charge < -0.3 is 14.8 Å². The molecule has 5 aromatic rings. The molecule has 0 unspecified atom stereocenters. The molecule has 4 aromatic carbocycles. The van der Waals surface area contributed by atoms with Crippen molar-refractivity contribution in [3.63, 3.8) is 0 Å². The highest BCUT2D eigenvalue weighted by molar-refractivity contribution is 9.10. The maximum absolute atomic E-state index is 13.9. The lowest BCUT2D eigenvalue weighted by Crippen LogP contribution is -2.21. The van der Waals surface area contributed by atoms with Crippen LogP contribution in [0.3, 0.4) is 0 Å². The van der Waals surface area contributed by atoms with Crippen molar-refractivity contribution in [3.8, 4) is 22.9 Å². The first kappa shape index (κ1) is 32.6. The van der Waals surface area contributed by atoms with Crippen LogP contribution in [0.25, 0.3) is 22.3 Å². The summed E-state index contributed by atoms with van der Waals surface area (Å²) in [6.45, 7) is 1.35. The molecule has 0 fully saturated rings. The van der Waals surface area contributed by atoms with Gasteiger partial charge in [0.2, 0.25) is 0 Å². The maximum atomic E-state index is 13.9. The number of nitrogens with one attached hydrogen (secondary N) is 1. The monoisotopic (exact) mass is 716 g/mol. The zero-order valence-corrected chi connectivity index (χ0v) is 26.1. The number of halogens is 6. The van der Waals surface area contributed by atoms with Crippen LogP contribution in [-0.2, 0) is 11.0 Å². The third kappa shape index (κ3) is 7.05. The first-order valence-electron chi connectivity index (χ1n) is 13.5. The van der Waals surface area contributed by atoms with Crippen molar-refractivity contribution >= 4 is 56.2 Å². The van der Waals surface area contributed by atoms with E-state index in [0.717, 1.165) is 16.8 Å². The lowest BCUT2D eigenvalue weighted by atomic mass is 10.1. The van der Waals surface area contributed by atoms with E-state index in [1.165, 1.54) is 48.7 Å². The predicted molar refractivity (Wildman–Crippen MR) is 170 cm³/mol. The molecule has 0 saturated heterocycles. The number of alkyl halides is 3. The molecule has 0 saturated carbocycles. The van der Waals surface area contributed by atoms with Gasteiger partial charge in [-0.25, -0.2) is 9.37 Å². The molecule has 5 rings (SSSR count). The van der Waals surface area contributed by atoms with Gasteiger partial charge in [-0.2, -0.15) is 22.9 Å². The van der Waals surface area contributed by atoms with E-state index in [-0.39, 0.29) is 55.6 Å². The molecule has 1 amide bonds. The van der Waals surface area contributed by atoms with Crippen LogP contribution in [0.15, 0.2) is 93.2 Å². The Balaban J connectivity index is 1.53. The van der Waals surface area contributed by atoms with Crippen LogP contribution in [0.2, 0.25) is 5.02 Å². The minimum atomic E-state index is -4.62. The van der Waals surface area contributed by atoms with Crippen molar-refractivity contribution in [2.45, 2.75) is 13.1 Å². The number of benzene rings is 4. The van der Waals surface area contributed by atoms with Crippen molar-refractivity contribution in [2.75, 3.05) is 18.5 Å². The second kappa shape index (κ2) is 13.7. The van der Waals surface area contributed by atoms with Gasteiger partial charge in [0.15, 0.2) is 23.9 Å². The molecular weight excluding hydrogens is 696 g/mol. The number of para-hydroxylation sites is 2. The van der Waals surface area contributed by atoms with Crippen LogP contribution in [-0.4, -0.2) is 35.0 Å². The summed E-state index contributed by atoms with van der Waals surface area (Å²) in [6.07, 6.45) is -3.37. The Kier molecular flexibility index (Phi) is 9.73. The van der Waals surface area contributed by atoms with E-state index in [0.29, 0.717) is 5.56 Å². The number of amides is 1. The minimum Gasteiger partial charge on any atom is -0.490 e. The molecule has 236 valence electrons. The van der Waals surface area contributed by atoms with E-state index in [2.05, 4.69) is 31.3 Å². The Bertz CT molecular complexity index is 2030. The Morgan fingerprint density at radius 1 is 1.07 bits per heavy atom. The maximum Gasteiger partial charge on any atom is 0.416 e. The molecule has 46 heavy (non-hydrogen) atoms. The zero-order chi connectivity index (χ0) is 33.0. The molecule has 14 heteroatoms. The van der Waals surface area contributed by atoms with Crippen molar-refractivity contribution in [1.29, 1.82) is 0 Å². The third-order valence-electron chi connectivity index (χ3n) is 6.47. The molecule has 0 spiro atoms. The summed E-state index contributed by atoms with van der Waals surface area (Å²) < 4.78 is 67.0. The number of carbonyl (C=O) groups is 1. The van der Waals surface area contributed by atoms with Gasteiger partial charge in [-0.1, -0.05) is 48.0 Å². The Morgan fingerprint density at radius 3 is 2.54 bits per heavy atom. The number of hydrogen-bond acceptors (Lipinski definition) is 6. The van der Waals surface area contributed by atoms with Gasteiger partial charge in [-0.3, -0.25) is 9.59 Å². The smallest absolute Gasteiger partial charge is 0.416 e. The van der Waals surface area contributed by atoms with E-state index < -0.39 is 35.6 Å². The second-order valence-electron chi connectivity index (χ2n) is 9.56. The van der Waals surface area contributed by atoms with Gasteiger partial charge in [0.1, 0.15) is 10.8 Å². The van der Waals surface area contributed by atoms with Crippen LogP contribution in [0.5, 0.6) is 11.5 Å². The van der Waals surface area contributed by atoms with Crippen molar-refractivity contribution in [3.05, 3.63) is 116 Å². The lowest BCUT2D eigenvalue weighted by Gasteiger charge is -2.16. The quantitative estimate of drug-likeness (QED) is 0.124. The summed E-state index contributed by atoms with van der Waals surface area (Å²) in [5.41, 5.74) is -0.983. The highest BCUT2D eigenvalue weighted by Gasteiger charge is 2.31. The SMILES string of the molecule is CCOc1cc(C=Nn2c(-c3cccc(C(F)(F)F)c3)nc3ccccc3c2=O)c(Br)c(Cl)c1OCC(=O)Nc1ccccc1F. The topological polar surface area (TPSA) is 94.8 Å². The summed E-state index contributed by atoms with van der Waals surface area (Å²) in [6, 6.07) is 17.9. The highest BCUT2D eigenvalue weighted by atomic mass is 79.9. The summed E-state index contributed by atoms with van der Waals surface area (Å²) in [7, 11) is 0. The minimum absolute atomic E-state index is 0.00502. The average molecular weight is 718 g/mol. The largest absolute Gasteiger partial charge is 0.490 e. The fraction of sp³-hybridized carbons (Fsp3) is 0.125. The fourth-order valence-electron chi connectivity index (χ4n) is 4.35. The van der Waals surface area contributed by atoms with Crippen LogP contribution >= 0.6 is 27.5 Å². The lowest BCUT2D eigenvalue weighted by molar-refractivity contribution is -0.137. The number of rotatable bonds is 9. The Morgan fingerprint density at radius 2 is 1.80 bits per heavy atom. The second-order valence-corrected chi connectivity index (χ2v) is 10.7. The molecular formula is C32H22BrClF4N4O4. The van der Waals surface area contributed by atoms with E-state index >= 15 is 0 Å². The van der Waals surface area contributed by atoms with E-state index in [1.54, 1.807) is 31.2 Å². The number of hydrogen-bond donors (Lipinski definition) is 1. The molecule has 0 aliphatic heterocycles. The molecule has 0 radical (unpaired) electrons. The van der Waals surface area contributed by atoms with E-state index in [4.69, 9.17) is 21.1 Å². The molecule has 0 aliphatic carbocycles. The van der Waals surface area contributed by atoms with Gasteiger partial charge in [0.25, 0.3) is 11.5 Å². The van der Waals surface area contributed by atoms with Crippen LogP contribution in [0.4, 0.5) is 23.2 Å². The highest BCUT2D eigenvalue weighted by Crippen LogP contribution is 2.42. The van der Waals surface area contributed by atoms with E-state index in [1.807, 2.05) is 0 Å². The van der Waals surface area contributed by atoms with Crippen LogP contribution in [0.1, 0.15) is 18.1 Å². The average Bonchev–Trinajstić information content (AvgIpc) is 3.03. The summed E-state index contributed by atoms with van der Waals surface area (Å²) >= 11 is 9.97. The van der Waals surface area contributed by atoms with Crippen LogP contribution in [0, 0.1) is 5.82 Å². The molecule has 1 N–H and O–H groups in total. The number of fused-ring (bicyclic) bond motifs is 1. The van der Waals surface area contributed by atoms with Gasteiger partial charge in [-0.05, 0) is 65.3 Å². The van der Waals surface area contributed by atoms with Gasteiger partial charge in [0.05, 0.1) is 35.0 Å². The molecule has 0 aliphatic rings. The zero-order valence-electron chi connectivity index (χ0n) is 23.7. The molecule has 8 nitrogen and oxygen atoms in total. The van der Waals surface area contributed by atoms with Crippen LogP contribution < -0.4 is 20.3 Å². The summed E-state index contributed by atoms with van der Waals surface area (Å²) in [4.78, 5) is 30.5. The van der Waals surface area contributed by atoms with Gasteiger partial charge in [0, 0.05) is 15.6 Å². The van der Waals surface area contributed by atoms with Crippen molar-refractivity contribution in [1.82, 2.24) is 9.66 Å². The number of carbonyl (C=O) groups excluding carboxylic acids is 1. The number of ether oxygens (including phenoxy) is 2. The first-order valence-corrected chi connectivity index (χ1v) is 14.7. The molecule has 1 aromatic heterocycles. The number of nitrogens with zero attached hydrogens (tertiary/aromatic N) is 3. The number of anilines is 1. The summed E-state index contributed by atoms with van der Waals surface area (Å²) in [5.74, 6) is -1.27. The third-order valence-corrected chi connectivity index (χ3v) is 7.91. The Hall–Kier alpha value is -4.75. The fourth-order valence-corrected chi connectivity index (χ4v) is 5.01. The number of aromatic nitrogens is 2. The predicted octanol–water partition coefficient (Wildman–Crippen LogP) is 7.94. The molecule has 1 heterocycles. The van der Waals surface area contributed by atoms with Gasteiger partial charge in [-0.15, -0.1) is 0 Å². The first-order chi connectivity index (χ1) is 22.0. The van der Waals surface area contributed by atoms with Gasteiger partial charge >= 0.3 is 6.18 Å². The Labute approximate surface area is 272 Å². The van der Waals surface area contributed by atoms with Crippen molar-refractivity contribution in [2.24, 2.45) is 5.10 Å². The normalized spacial score (nSPS) is 11.6. The molecule has 0 atom stereocenters. The van der Waals surface area contributed by atoms with Crippen molar-refractivity contribution < 1.29 is 31.8 Å².